The number of halogens is 7. The van der Waals surface area contributed by atoms with Crippen molar-refractivity contribution in [3.05, 3.63) is 70.7 Å². The van der Waals surface area contributed by atoms with Crippen LogP contribution in [-0.2, 0) is 11.0 Å². The van der Waals surface area contributed by atoms with Gasteiger partial charge in [-0.2, -0.15) is 31.3 Å². The minimum absolute atomic E-state index is 0.205. The zero-order valence-corrected chi connectivity index (χ0v) is 20.1. The standard InChI is InChI=1S/C22H20ClF3N4O.C2HF3O2/c23-17-10-14(6-9-16(17)22(24,25)26)18-11-20(30-21(29-18)28-15-7-8-15)27-12-19(31)13-4-2-1-3-5-13;3-2(4,5)1(6)7/h1-6,9-11,15,19,31H,7-8,12H2,(H2,27,28,29,30);(H,6,7)/t19-;/m0./s1. The Balaban J connectivity index is 0.000000505. The highest BCUT2D eigenvalue weighted by Crippen LogP contribution is 2.37. The van der Waals surface area contributed by atoms with Crippen molar-refractivity contribution in [3.8, 4) is 11.3 Å². The maximum absolute atomic E-state index is 13.0. The van der Waals surface area contributed by atoms with Crippen molar-refractivity contribution in [2.45, 2.75) is 37.3 Å². The third kappa shape index (κ3) is 8.48. The SMILES string of the molecule is O=C(O)C(F)(F)F.O[C@@H](CNc1cc(-c2ccc(C(F)(F)F)c(Cl)c2)nc(NC2CC2)n1)c1ccccc1. The summed E-state index contributed by atoms with van der Waals surface area (Å²) in [6, 6.07) is 14.6. The number of carbonyl (C=O) groups is 1. The smallest absolute Gasteiger partial charge is 0.475 e. The number of hydrogen-bond acceptors (Lipinski definition) is 6. The van der Waals surface area contributed by atoms with Crippen molar-refractivity contribution in [1.29, 1.82) is 0 Å². The molecule has 0 aliphatic heterocycles. The maximum atomic E-state index is 13.0. The number of nitrogens with one attached hydrogen (secondary N) is 2. The first-order chi connectivity index (χ1) is 17.7. The molecule has 14 heteroatoms. The first kappa shape index (κ1) is 29.0. The normalized spacial score (nSPS) is 14.2. The average molecular weight is 563 g/mol. The Hall–Kier alpha value is -3.58. The number of aromatic nitrogens is 2. The van der Waals surface area contributed by atoms with Gasteiger partial charge in [-0.05, 0) is 30.5 Å². The first-order valence-electron chi connectivity index (χ1n) is 11.0. The van der Waals surface area contributed by atoms with E-state index in [-0.39, 0.29) is 12.6 Å². The van der Waals surface area contributed by atoms with Crippen molar-refractivity contribution in [1.82, 2.24) is 9.97 Å². The van der Waals surface area contributed by atoms with Gasteiger partial charge in [-0.3, -0.25) is 0 Å². The van der Waals surface area contributed by atoms with Crippen molar-refractivity contribution in [3.63, 3.8) is 0 Å². The van der Waals surface area contributed by atoms with Gasteiger partial charge in [-0.1, -0.05) is 48.0 Å². The van der Waals surface area contributed by atoms with Crippen LogP contribution in [0.15, 0.2) is 54.6 Å². The molecule has 1 aliphatic rings. The van der Waals surface area contributed by atoms with Gasteiger partial charge in [0.1, 0.15) is 5.82 Å². The van der Waals surface area contributed by atoms with Crippen LogP contribution in [0.4, 0.5) is 38.1 Å². The molecule has 0 bridgehead atoms. The van der Waals surface area contributed by atoms with Crippen LogP contribution in [-0.4, -0.2) is 44.9 Å². The molecular weight excluding hydrogens is 542 g/mol. The predicted molar refractivity (Wildman–Crippen MR) is 128 cm³/mol. The van der Waals surface area contributed by atoms with Crippen LogP contribution in [0.2, 0.25) is 5.02 Å². The maximum Gasteiger partial charge on any atom is 0.490 e. The fourth-order valence-corrected chi connectivity index (χ4v) is 3.35. The van der Waals surface area contributed by atoms with Gasteiger partial charge < -0.3 is 20.8 Å². The van der Waals surface area contributed by atoms with Crippen LogP contribution < -0.4 is 10.6 Å². The molecule has 7 nitrogen and oxygen atoms in total. The summed E-state index contributed by atoms with van der Waals surface area (Å²) in [4.78, 5) is 17.8. The van der Waals surface area contributed by atoms with Gasteiger partial charge >= 0.3 is 18.3 Å². The second kappa shape index (κ2) is 11.9. The highest BCUT2D eigenvalue weighted by atomic mass is 35.5. The van der Waals surface area contributed by atoms with E-state index in [0.717, 1.165) is 24.5 Å². The summed E-state index contributed by atoms with van der Waals surface area (Å²) < 4.78 is 70.8. The van der Waals surface area contributed by atoms with E-state index < -0.39 is 35.0 Å². The van der Waals surface area contributed by atoms with E-state index in [1.54, 1.807) is 6.07 Å². The van der Waals surface area contributed by atoms with Gasteiger partial charge in [0.25, 0.3) is 0 Å². The molecule has 0 amide bonds. The fourth-order valence-electron chi connectivity index (χ4n) is 3.06. The Bertz CT molecular complexity index is 1250. The third-order valence-electron chi connectivity index (χ3n) is 5.11. The molecule has 3 aromatic rings. The number of hydrogen-bond donors (Lipinski definition) is 4. The largest absolute Gasteiger partial charge is 0.490 e. The average Bonchev–Trinajstić information content (AvgIpc) is 3.66. The van der Waals surface area contributed by atoms with E-state index in [4.69, 9.17) is 21.5 Å². The number of aliphatic carboxylic acids is 1. The minimum atomic E-state index is -5.08. The second-order valence-electron chi connectivity index (χ2n) is 8.18. The van der Waals surface area contributed by atoms with Crippen molar-refractivity contribution in [2.75, 3.05) is 17.2 Å². The summed E-state index contributed by atoms with van der Waals surface area (Å²) in [5.74, 6) is -1.95. The van der Waals surface area contributed by atoms with Gasteiger partial charge in [0, 0.05) is 24.2 Å². The molecular formula is C24H21ClF6N4O3. The van der Waals surface area contributed by atoms with Crippen LogP contribution in [0.25, 0.3) is 11.3 Å². The Labute approximate surface area is 217 Å². The molecule has 1 aromatic heterocycles. The van der Waals surface area contributed by atoms with E-state index in [1.807, 2.05) is 30.3 Å². The Kier molecular flexibility index (Phi) is 9.05. The van der Waals surface area contributed by atoms with Gasteiger partial charge in [0.15, 0.2) is 0 Å². The molecule has 0 radical (unpaired) electrons. The topological polar surface area (TPSA) is 107 Å². The molecule has 4 rings (SSSR count). The molecule has 0 spiro atoms. The Morgan fingerprint density at radius 3 is 2.18 bits per heavy atom. The van der Waals surface area contributed by atoms with Gasteiger partial charge in [-0.15, -0.1) is 0 Å². The summed E-state index contributed by atoms with van der Waals surface area (Å²) in [5, 5.41) is 23.4. The van der Waals surface area contributed by atoms with E-state index in [0.29, 0.717) is 23.0 Å². The van der Waals surface area contributed by atoms with E-state index in [9.17, 15) is 31.4 Å². The molecule has 1 heterocycles. The molecule has 38 heavy (non-hydrogen) atoms. The highest BCUT2D eigenvalue weighted by Gasteiger charge is 2.38. The molecule has 1 saturated carbocycles. The van der Waals surface area contributed by atoms with Crippen molar-refractivity contribution in [2.24, 2.45) is 0 Å². The van der Waals surface area contributed by atoms with E-state index >= 15 is 0 Å². The zero-order chi connectivity index (χ0) is 28.1. The number of benzene rings is 2. The van der Waals surface area contributed by atoms with Crippen LogP contribution in [0.5, 0.6) is 0 Å². The second-order valence-corrected chi connectivity index (χ2v) is 8.59. The molecule has 0 saturated heterocycles. The number of anilines is 2. The number of aliphatic hydroxyl groups is 1. The molecule has 1 aliphatic carbocycles. The monoisotopic (exact) mass is 562 g/mol. The number of rotatable bonds is 7. The molecule has 0 unspecified atom stereocenters. The number of alkyl halides is 6. The molecule has 4 N–H and O–H groups in total. The van der Waals surface area contributed by atoms with Crippen molar-refractivity contribution < 1.29 is 41.4 Å². The lowest BCUT2D eigenvalue weighted by atomic mass is 10.1. The van der Waals surface area contributed by atoms with Crippen LogP contribution in [0.1, 0.15) is 30.1 Å². The lowest BCUT2D eigenvalue weighted by Gasteiger charge is -2.15. The number of carboxylic acid groups (broad SMARTS) is 1. The summed E-state index contributed by atoms with van der Waals surface area (Å²) in [6.45, 7) is 0.205. The quantitative estimate of drug-likeness (QED) is 0.255. The summed E-state index contributed by atoms with van der Waals surface area (Å²) in [5.41, 5.74) is 0.721. The van der Waals surface area contributed by atoms with Crippen LogP contribution in [0.3, 0.4) is 0 Å². The predicted octanol–water partition coefficient (Wildman–Crippen LogP) is 6.17. The summed E-state index contributed by atoms with van der Waals surface area (Å²) in [6.07, 6.45) is -8.34. The minimum Gasteiger partial charge on any atom is -0.475 e. The number of nitrogens with zero attached hydrogens (tertiary/aromatic N) is 2. The molecule has 204 valence electrons. The van der Waals surface area contributed by atoms with Gasteiger partial charge in [-0.25, -0.2) is 9.78 Å². The van der Waals surface area contributed by atoms with Gasteiger partial charge in [0.2, 0.25) is 5.95 Å². The Morgan fingerprint density at radius 1 is 1.03 bits per heavy atom. The van der Waals surface area contributed by atoms with Crippen LogP contribution in [0, 0.1) is 0 Å². The first-order valence-corrected chi connectivity index (χ1v) is 11.4. The van der Waals surface area contributed by atoms with E-state index in [1.165, 1.54) is 12.1 Å². The molecule has 1 fully saturated rings. The third-order valence-corrected chi connectivity index (χ3v) is 5.42. The summed E-state index contributed by atoms with van der Waals surface area (Å²) in [7, 11) is 0. The number of carboxylic acids is 1. The molecule has 1 atom stereocenters. The number of aliphatic hydroxyl groups excluding tert-OH is 1. The van der Waals surface area contributed by atoms with Crippen molar-refractivity contribution >= 4 is 29.3 Å². The van der Waals surface area contributed by atoms with Gasteiger partial charge in [0.05, 0.1) is 22.4 Å². The fraction of sp³-hybridized carbons (Fsp3) is 0.292. The lowest BCUT2D eigenvalue weighted by molar-refractivity contribution is -0.192. The highest BCUT2D eigenvalue weighted by molar-refractivity contribution is 6.31. The molecule has 2 aromatic carbocycles. The Morgan fingerprint density at radius 2 is 1.66 bits per heavy atom. The van der Waals surface area contributed by atoms with E-state index in [2.05, 4.69) is 20.6 Å². The summed E-state index contributed by atoms with van der Waals surface area (Å²) >= 11 is 5.88. The lowest BCUT2D eigenvalue weighted by Crippen LogP contribution is -2.21. The van der Waals surface area contributed by atoms with Crippen LogP contribution >= 0.6 is 11.6 Å². The zero-order valence-electron chi connectivity index (χ0n) is 19.3.